The molecular weight excluding hydrogens is 298 g/mol. The smallest absolute Gasteiger partial charge is 0.241 e. The van der Waals surface area contributed by atoms with Gasteiger partial charge < -0.3 is 10.5 Å². The van der Waals surface area contributed by atoms with E-state index in [0.29, 0.717) is 13.0 Å². The molecule has 0 unspecified atom stereocenters. The molecule has 124 valence electrons. The molecule has 0 bridgehead atoms. The molecule has 24 heavy (non-hydrogen) atoms. The van der Waals surface area contributed by atoms with E-state index in [2.05, 4.69) is 18.7 Å². The molecule has 2 aromatic carbocycles. The fourth-order valence-corrected chi connectivity index (χ4v) is 2.50. The maximum absolute atomic E-state index is 11.0. The minimum Gasteiger partial charge on any atom is -0.493 e. The highest BCUT2D eigenvalue weighted by Crippen LogP contribution is 2.25. The highest BCUT2D eigenvalue weighted by Gasteiger charge is 2.06. The average molecular weight is 321 g/mol. The molecule has 2 aromatic rings. The molecule has 2 rings (SSSR count). The van der Waals surface area contributed by atoms with Crippen molar-refractivity contribution in [3.63, 3.8) is 0 Å². The number of allylic oxidation sites excluding steroid dienone is 2. The van der Waals surface area contributed by atoms with E-state index in [1.807, 2.05) is 49.4 Å². The van der Waals surface area contributed by atoms with Gasteiger partial charge in [0, 0.05) is 12.5 Å². The molecule has 0 saturated heterocycles. The maximum atomic E-state index is 11.0. The highest BCUT2D eigenvalue weighted by atomic mass is 16.5. The van der Waals surface area contributed by atoms with Gasteiger partial charge in [0.25, 0.3) is 0 Å². The van der Waals surface area contributed by atoms with Crippen molar-refractivity contribution in [1.29, 1.82) is 0 Å². The van der Waals surface area contributed by atoms with Gasteiger partial charge in [-0.3, -0.25) is 4.79 Å². The molecule has 2 N–H and O–H groups in total. The number of hydrogen-bond acceptors (Lipinski definition) is 2. The molecule has 3 nitrogen and oxygen atoms in total. The van der Waals surface area contributed by atoms with E-state index in [-0.39, 0.29) is 0 Å². The van der Waals surface area contributed by atoms with Crippen LogP contribution in [0.5, 0.6) is 5.75 Å². The number of amides is 1. The second kappa shape index (κ2) is 8.73. The summed E-state index contributed by atoms with van der Waals surface area (Å²) in [6.07, 6.45) is 4.84. The average Bonchev–Trinajstić information content (AvgIpc) is 2.56. The lowest BCUT2D eigenvalue weighted by atomic mass is 10.0. The summed E-state index contributed by atoms with van der Waals surface area (Å²) in [5.74, 6) is 0.405. The lowest BCUT2D eigenvalue weighted by molar-refractivity contribution is -0.113. The van der Waals surface area contributed by atoms with Gasteiger partial charge in [0.2, 0.25) is 5.91 Å². The topological polar surface area (TPSA) is 52.3 Å². The van der Waals surface area contributed by atoms with Gasteiger partial charge in [-0.2, -0.15) is 0 Å². The van der Waals surface area contributed by atoms with Gasteiger partial charge in [0.15, 0.2) is 0 Å². The van der Waals surface area contributed by atoms with Crippen molar-refractivity contribution < 1.29 is 9.53 Å². The van der Waals surface area contributed by atoms with Crippen LogP contribution < -0.4 is 10.5 Å². The molecule has 0 heterocycles. The molecule has 1 amide bonds. The normalized spacial score (nSPS) is 11.1. The number of ether oxygens (including phenoxy) is 1. The van der Waals surface area contributed by atoms with E-state index in [4.69, 9.17) is 10.5 Å². The van der Waals surface area contributed by atoms with Gasteiger partial charge in [-0.1, -0.05) is 42.5 Å². The molecule has 0 radical (unpaired) electrons. The van der Waals surface area contributed by atoms with Gasteiger partial charge in [-0.25, -0.2) is 0 Å². The zero-order valence-corrected chi connectivity index (χ0v) is 14.0. The second-order valence-corrected chi connectivity index (χ2v) is 5.63. The third-order valence-electron chi connectivity index (χ3n) is 3.73. The first-order chi connectivity index (χ1) is 11.6. The summed E-state index contributed by atoms with van der Waals surface area (Å²) in [5, 5.41) is 0. The number of hydrogen-bond donors (Lipinski definition) is 1. The van der Waals surface area contributed by atoms with Gasteiger partial charge >= 0.3 is 0 Å². The highest BCUT2D eigenvalue weighted by molar-refractivity contribution is 5.93. The number of carbonyl (C=O) groups is 1. The Morgan fingerprint density at radius 1 is 1.21 bits per heavy atom. The summed E-state index contributed by atoms with van der Waals surface area (Å²) >= 11 is 0. The Bertz CT molecular complexity index is 733. The lowest BCUT2D eigenvalue weighted by Crippen LogP contribution is -2.07. The van der Waals surface area contributed by atoms with Crippen molar-refractivity contribution in [1.82, 2.24) is 0 Å². The van der Waals surface area contributed by atoms with Crippen LogP contribution >= 0.6 is 0 Å². The van der Waals surface area contributed by atoms with Crippen molar-refractivity contribution in [2.24, 2.45) is 5.73 Å². The standard InChI is InChI=1S/C21H23NO2/c1-3-7-19-15-18(16(2)14-21(22)23)10-11-20(19)24-13-12-17-8-5-4-6-9-17/h3-6,8-11,14-15H,1,7,12-13H2,2H3,(H2,22,23)/b16-14+. The van der Waals surface area contributed by atoms with E-state index < -0.39 is 5.91 Å². The van der Waals surface area contributed by atoms with Crippen LogP contribution in [0.15, 0.2) is 67.3 Å². The van der Waals surface area contributed by atoms with Crippen molar-refractivity contribution >= 4 is 11.5 Å². The van der Waals surface area contributed by atoms with Crippen LogP contribution in [-0.2, 0) is 17.6 Å². The van der Waals surface area contributed by atoms with E-state index in [1.165, 1.54) is 11.6 Å². The predicted octanol–water partition coefficient (Wildman–Crippen LogP) is 3.93. The third kappa shape index (κ3) is 5.13. The molecule has 0 spiro atoms. The van der Waals surface area contributed by atoms with Gasteiger partial charge in [0.05, 0.1) is 6.61 Å². The number of benzene rings is 2. The van der Waals surface area contributed by atoms with Gasteiger partial charge in [-0.15, -0.1) is 6.58 Å². The minimum atomic E-state index is -0.444. The Balaban J connectivity index is 2.11. The van der Waals surface area contributed by atoms with Gasteiger partial charge in [-0.05, 0) is 47.7 Å². The van der Waals surface area contributed by atoms with Crippen LogP contribution in [0.2, 0.25) is 0 Å². The van der Waals surface area contributed by atoms with Crippen LogP contribution in [0.3, 0.4) is 0 Å². The van der Waals surface area contributed by atoms with Crippen LogP contribution in [0.4, 0.5) is 0 Å². The van der Waals surface area contributed by atoms with E-state index >= 15 is 0 Å². The number of carbonyl (C=O) groups excluding carboxylic acids is 1. The first kappa shape index (κ1) is 17.5. The van der Waals surface area contributed by atoms with E-state index in [1.54, 1.807) is 0 Å². The third-order valence-corrected chi connectivity index (χ3v) is 3.73. The molecule has 0 aliphatic rings. The Kier molecular flexibility index (Phi) is 6.38. The van der Waals surface area contributed by atoms with E-state index in [0.717, 1.165) is 28.9 Å². The molecule has 0 saturated carbocycles. The Hall–Kier alpha value is -2.81. The Morgan fingerprint density at radius 2 is 1.96 bits per heavy atom. The van der Waals surface area contributed by atoms with Crippen LogP contribution in [-0.4, -0.2) is 12.5 Å². The summed E-state index contributed by atoms with van der Waals surface area (Å²) in [7, 11) is 0. The molecule has 3 heteroatoms. The quantitative estimate of drug-likeness (QED) is 0.592. The second-order valence-electron chi connectivity index (χ2n) is 5.63. The van der Waals surface area contributed by atoms with Crippen LogP contribution in [0.25, 0.3) is 5.57 Å². The minimum absolute atomic E-state index is 0.444. The molecular formula is C21H23NO2. The first-order valence-electron chi connectivity index (χ1n) is 7.99. The summed E-state index contributed by atoms with van der Waals surface area (Å²) in [4.78, 5) is 11.0. The monoisotopic (exact) mass is 321 g/mol. The first-order valence-corrected chi connectivity index (χ1v) is 7.99. The summed E-state index contributed by atoms with van der Waals surface area (Å²) in [6.45, 7) is 6.29. The van der Waals surface area contributed by atoms with Crippen molar-refractivity contribution in [2.45, 2.75) is 19.8 Å². The van der Waals surface area contributed by atoms with Crippen LogP contribution in [0.1, 0.15) is 23.6 Å². The summed E-state index contributed by atoms with van der Waals surface area (Å²) < 4.78 is 5.95. The zero-order chi connectivity index (χ0) is 17.4. The van der Waals surface area contributed by atoms with Crippen molar-refractivity contribution in [3.05, 3.63) is 84.0 Å². The Labute approximate surface area is 143 Å². The number of nitrogens with two attached hydrogens (primary N) is 1. The molecule has 0 aliphatic carbocycles. The summed E-state index contributed by atoms with van der Waals surface area (Å²) in [5.41, 5.74) is 9.32. The molecule has 0 aliphatic heterocycles. The molecule has 0 atom stereocenters. The van der Waals surface area contributed by atoms with Crippen LogP contribution in [0, 0.1) is 0 Å². The maximum Gasteiger partial charge on any atom is 0.241 e. The van der Waals surface area contributed by atoms with E-state index in [9.17, 15) is 4.79 Å². The Morgan fingerprint density at radius 3 is 2.62 bits per heavy atom. The molecule has 0 fully saturated rings. The number of primary amides is 1. The van der Waals surface area contributed by atoms with Crippen molar-refractivity contribution in [3.8, 4) is 5.75 Å². The van der Waals surface area contributed by atoms with Crippen molar-refractivity contribution in [2.75, 3.05) is 6.61 Å². The molecule has 0 aromatic heterocycles. The predicted molar refractivity (Wildman–Crippen MR) is 98.8 cm³/mol. The fourth-order valence-electron chi connectivity index (χ4n) is 2.50. The largest absolute Gasteiger partial charge is 0.493 e. The SMILES string of the molecule is C=CCc1cc(/C(C)=C/C(N)=O)ccc1OCCc1ccccc1. The fraction of sp³-hybridized carbons (Fsp3) is 0.190. The van der Waals surface area contributed by atoms with Gasteiger partial charge in [0.1, 0.15) is 5.75 Å². The zero-order valence-electron chi connectivity index (χ0n) is 14.0. The summed E-state index contributed by atoms with van der Waals surface area (Å²) in [6, 6.07) is 16.2. The number of rotatable bonds is 8. The lowest BCUT2D eigenvalue weighted by Gasteiger charge is -2.13.